The Bertz CT molecular complexity index is 1070. The molecule has 0 aliphatic heterocycles. The number of anilines is 1. The molecule has 0 aliphatic carbocycles. The summed E-state index contributed by atoms with van der Waals surface area (Å²) in [5.74, 6) is -0.260. The zero-order chi connectivity index (χ0) is 20.3. The number of thiazole rings is 1. The van der Waals surface area contributed by atoms with Gasteiger partial charge < -0.3 is 5.32 Å². The molecule has 1 N–H and O–H groups in total. The quantitative estimate of drug-likeness (QED) is 0.504. The SMILES string of the molecule is CC(C)c1sc(NC(=O)Cn2cc([N+](=O)[O-])ccc2=O)nc1-c1ccccc1. The highest BCUT2D eigenvalue weighted by molar-refractivity contribution is 7.16. The van der Waals surface area contributed by atoms with Gasteiger partial charge in [0.15, 0.2) is 5.13 Å². The lowest BCUT2D eigenvalue weighted by atomic mass is 10.1. The van der Waals surface area contributed by atoms with Gasteiger partial charge in [-0.25, -0.2) is 4.98 Å². The first-order valence-electron chi connectivity index (χ1n) is 8.56. The van der Waals surface area contributed by atoms with Gasteiger partial charge in [0, 0.05) is 22.6 Å². The summed E-state index contributed by atoms with van der Waals surface area (Å²) in [5.41, 5.74) is 1.02. The van der Waals surface area contributed by atoms with E-state index in [1.807, 2.05) is 44.2 Å². The molecule has 0 fully saturated rings. The van der Waals surface area contributed by atoms with Gasteiger partial charge in [0.05, 0.1) is 16.8 Å². The van der Waals surface area contributed by atoms with Gasteiger partial charge in [-0.3, -0.25) is 24.3 Å². The number of aromatic nitrogens is 2. The number of nitrogens with one attached hydrogen (secondary N) is 1. The van der Waals surface area contributed by atoms with E-state index in [0.717, 1.165) is 39.0 Å². The molecule has 1 amide bonds. The van der Waals surface area contributed by atoms with Gasteiger partial charge in [-0.15, -0.1) is 11.3 Å². The molecule has 3 aromatic rings. The zero-order valence-corrected chi connectivity index (χ0v) is 16.1. The second-order valence-electron chi connectivity index (χ2n) is 6.41. The van der Waals surface area contributed by atoms with Crippen LogP contribution < -0.4 is 10.9 Å². The van der Waals surface area contributed by atoms with Crippen molar-refractivity contribution in [3.05, 3.63) is 74.0 Å². The lowest BCUT2D eigenvalue weighted by molar-refractivity contribution is -0.385. The van der Waals surface area contributed by atoms with Gasteiger partial charge in [-0.05, 0) is 5.92 Å². The molecule has 3 rings (SSSR count). The van der Waals surface area contributed by atoms with Crippen molar-refractivity contribution >= 4 is 28.1 Å². The number of nitro groups is 1. The number of carbonyl (C=O) groups excluding carboxylic acids is 1. The van der Waals surface area contributed by atoms with E-state index in [-0.39, 0.29) is 18.2 Å². The minimum absolute atomic E-state index is 0.220. The fourth-order valence-corrected chi connectivity index (χ4v) is 3.65. The highest BCUT2D eigenvalue weighted by Crippen LogP contribution is 2.36. The van der Waals surface area contributed by atoms with E-state index < -0.39 is 16.4 Å². The summed E-state index contributed by atoms with van der Waals surface area (Å²) >= 11 is 1.37. The van der Waals surface area contributed by atoms with Gasteiger partial charge in [0.2, 0.25) is 5.91 Å². The van der Waals surface area contributed by atoms with Gasteiger partial charge in [-0.2, -0.15) is 0 Å². The van der Waals surface area contributed by atoms with Gasteiger partial charge in [-0.1, -0.05) is 44.2 Å². The molecular weight excluding hydrogens is 380 g/mol. The number of nitrogens with zero attached hydrogens (tertiary/aromatic N) is 3. The number of hydrogen-bond donors (Lipinski definition) is 1. The van der Waals surface area contributed by atoms with E-state index in [9.17, 15) is 19.7 Å². The van der Waals surface area contributed by atoms with Crippen LogP contribution in [0, 0.1) is 10.1 Å². The van der Waals surface area contributed by atoms with Crippen molar-refractivity contribution in [3.8, 4) is 11.3 Å². The van der Waals surface area contributed by atoms with Gasteiger partial charge in [0.1, 0.15) is 6.54 Å². The Hall–Kier alpha value is -3.33. The Kier molecular flexibility index (Phi) is 5.65. The lowest BCUT2D eigenvalue weighted by Gasteiger charge is -2.05. The molecule has 2 heterocycles. The molecule has 0 saturated heterocycles. The van der Waals surface area contributed by atoms with E-state index >= 15 is 0 Å². The Morgan fingerprint density at radius 1 is 1.25 bits per heavy atom. The first kappa shape index (κ1) is 19.4. The van der Waals surface area contributed by atoms with E-state index in [0.29, 0.717) is 5.13 Å². The second-order valence-corrected chi connectivity index (χ2v) is 7.44. The Balaban J connectivity index is 1.83. The van der Waals surface area contributed by atoms with Crippen LogP contribution in [0.25, 0.3) is 11.3 Å². The molecule has 0 spiro atoms. The molecule has 0 bridgehead atoms. The van der Waals surface area contributed by atoms with Crippen molar-refractivity contribution in [1.29, 1.82) is 0 Å². The highest BCUT2D eigenvalue weighted by atomic mass is 32.1. The second kappa shape index (κ2) is 8.13. The van der Waals surface area contributed by atoms with E-state index in [4.69, 9.17) is 0 Å². The molecular formula is C19H18N4O4S. The molecule has 8 nitrogen and oxygen atoms in total. The maximum absolute atomic E-state index is 12.4. The summed E-state index contributed by atoms with van der Waals surface area (Å²) in [4.78, 5) is 40.1. The van der Waals surface area contributed by atoms with Crippen LogP contribution in [0.4, 0.5) is 10.8 Å². The molecule has 0 radical (unpaired) electrons. The van der Waals surface area contributed by atoms with Crippen molar-refractivity contribution < 1.29 is 9.72 Å². The largest absolute Gasteiger partial charge is 0.300 e. The number of rotatable bonds is 6. The molecule has 2 aromatic heterocycles. The van der Waals surface area contributed by atoms with Crippen molar-refractivity contribution in [2.75, 3.05) is 5.32 Å². The Morgan fingerprint density at radius 2 is 1.96 bits per heavy atom. The van der Waals surface area contributed by atoms with Crippen LogP contribution in [0.2, 0.25) is 0 Å². The van der Waals surface area contributed by atoms with E-state index in [1.165, 1.54) is 11.3 Å². The average Bonchev–Trinajstić information content (AvgIpc) is 3.08. The summed E-state index contributed by atoms with van der Waals surface area (Å²) in [6, 6.07) is 11.9. The van der Waals surface area contributed by atoms with E-state index in [2.05, 4.69) is 10.3 Å². The highest BCUT2D eigenvalue weighted by Gasteiger charge is 2.18. The third kappa shape index (κ3) is 4.32. The fourth-order valence-electron chi connectivity index (χ4n) is 2.64. The first-order valence-corrected chi connectivity index (χ1v) is 9.37. The predicted molar refractivity (Wildman–Crippen MR) is 108 cm³/mol. The number of carbonyl (C=O) groups is 1. The molecule has 0 unspecified atom stereocenters. The van der Waals surface area contributed by atoms with Crippen molar-refractivity contribution in [2.24, 2.45) is 0 Å². The van der Waals surface area contributed by atoms with Crippen LogP contribution in [-0.4, -0.2) is 20.4 Å². The van der Waals surface area contributed by atoms with Crippen LogP contribution in [0.5, 0.6) is 0 Å². The molecule has 0 saturated carbocycles. The maximum atomic E-state index is 12.4. The minimum Gasteiger partial charge on any atom is -0.300 e. The Labute approximate surface area is 164 Å². The third-order valence-corrected chi connectivity index (χ3v) is 5.24. The summed E-state index contributed by atoms with van der Waals surface area (Å²) in [5, 5.41) is 14.0. The molecule has 0 aliphatic rings. The number of hydrogen-bond acceptors (Lipinski definition) is 6. The maximum Gasteiger partial charge on any atom is 0.285 e. The Morgan fingerprint density at radius 3 is 2.61 bits per heavy atom. The van der Waals surface area contributed by atoms with E-state index in [1.54, 1.807) is 0 Å². The van der Waals surface area contributed by atoms with Crippen LogP contribution >= 0.6 is 11.3 Å². The summed E-state index contributed by atoms with van der Waals surface area (Å²) < 4.78 is 1.00. The van der Waals surface area contributed by atoms with Crippen LogP contribution in [0.1, 0.15) is 24.6 Å². The van der Waals surface area contributed by atoms with Crippen LogP contribution in [0.15, 0.2) is 53.5 Å². The number of benzene rings is 1. The average molecular weight is 398 g/mol. The number of pyridine rings is 1. The summed E-state index contributed by atoms with van der Waals surface area (Å²) in [6.45, 7) is 3.76. The molecule has 9 heteroatoms. The zero-order valence-electron chi connectivity index (χ0n) is 15.3. The topological polar surface area (TPSA) is 107 Å². The third-order valence-electron chi connectivity index (χ3n) is 3.96. The molecule has 0 atom stereocenters. The number of amides is 1. The predicted octanol–water partition coefficient (Wildman–Crippen LogP) is 3.64. The smallest absolute Gasteiger partial charge is 0.285 e. The minimum atomic E-state index is -0.615. The van der Waals surface area contributed by atoms with Crippen molar-refractivity contribution in [2.45, 2.75) is 26.3 Å². The molecule has 1 aromatic carbocycles. The fraction of sp³-hybridized carbons (Fsp3) is 0.211. The van der Waals surface area contributed by atoms with Crippen molar-refractivity contribution in [1.82, 2.24) is 9.55 Å². The lowest BCUT2D eigenvalue weighted by Crippen LogP contribution is -2.26. The monoisotopic (exact) mass is 398 g/mol. The first-order chi connectivity index (χ1) is 13.3. The van der Waals surface area contributed by atoms with Crippen LogP contribution in [0.3, 0.4) is 0 Å². The van der Waals surface area contributed by atoms with Gasteiger partial charge >= 0.3 is 0 Å². The van der Waals surface area contributed by atoms with Crippen molar-refractivity contribution in [3.63, 3.8) is 0 Å². The summed E-state index contributed by atoms with van der Waals surface area (Å²) in [7, 11) is 0. The molecule has 28 heavy (non-hydrogen) atoms. The summed E-state index contributed by atoms with van der Waals surface area (Å²) in [6.07, 6.45) is 1.05. The molecule has 144 valence electrons. The van der Waals surface area contributed by atoms with Crippen LogP contribution in [-0.2, 0) is 11.3 Å². The standard InChI is InChI=1S/C19H18N4O4S/c1-12(2)18-17(13-6-4-3-5-7-13)21-19(28-18)20-15(24)11-22-10-14(23(26)27)8-9-16(22)25/h3-10,12H,11H2,1-2H3,(H,20,21,24). The normalized spacial score (nSPS) is 10.8. The van der Waals surface area contributed by atoms with Gasteiger partial charge in [0.25, 0.3) is 11.2 Å².